The quantitative estimate of drug-likeness (QED) is 0.424. The van der Waals surface area contributed by atoms with E-state index in [-0.39, 0.29) is 10.8 Å². The molecule has 180 valence electrons. The van der Waals surface area contributed by atoms with Gasteiger partial charge in [-0.2, -0.15) is 4.72 Å². The van der Waals surface area contributed by atoms with Gasteiger partial charge in [-0.25, -0.2) is 18.2 Å². The lowest BCUT2D eigenvalue weighted by Crippen LogP contribution is -2.44. The average molecular weight is 502 g/mol. The number of hydrogen-bond acceptors (Lipinski definition) is 7. The number of methoxy groups -OCH3 is 1. The second-order valence-corrected chi connectivity index (χ2v) is 10.8. The summed E-state index contributed by atoms with van der Waals surface area (Å²) in [5.74, 6) is -0.829. The molecule has 0 radical (unpaired) electrons. The molecule has 0 aliphatic heterocycles. The molecule has 0 aliphatic carbocycles. The number of rotatable bonds is 9. The molecule has 10 heteroatoms. The molecule has 1 heterocycles. The van der Waals surface area contributed by atoms with Crippen molar-refractivity contribution in [3.63, 3.8) is 0 Å². The molecular formula is C24H27N3O5S2. The second kappa shape index (κ2) is 10.9. The molecule has 1 amide bonds. The summed E-state index contributed by atoms with van der Waals surface area (Å²) in [5.41, 5.74) is 2.75. The van der Waals surface area contributed by atoms with Crippen molar-refractivity contribution < 1.29 is 22.7 Å². The van der Waals surface area contributed by atoms with E-state index in [1.54, 1.807) is 41.8 Å². The molecule has 34 heavy (non-hydrogen) atoms. The fourth-order valence-corrected chi connectivity index (χ4v) is 5.13. The van der Waals surface area contributed by atoms with Crippen molar-refractivity contribution in [1.82, 2.24) is 9.71 Å². The number of nitrogens with one attached hydrogen (secondary N) is 2. The van der Waals surface area contributed by atoms with Crippen molar-refractivity contribution in [1.29, 1.82) is 0 Å². The summed E-state index contributed by atoms with van der Waals surface area (Å²) in [6, 6.07) is 12.2. The monoisotopic (exact) mass is 501 g/mol. The molecule has 3 aromatic rings. The van der Waals surface area contributed by atoms with Gasteiger partial charge in [0.25, 0.3) is 0 Å². The largest absolute Gasteiger partial charge is 0.465 e. The van der Waals surface area contributed by atoms with Crippen LogP contribution in [-0.2, 0) is 19.6 Å². The maximum atomic E-state index is 13.0. The number of esters is 1. The van der Waals surface area contributed by atoms with Gasteiger partial charge in [0.05, 0.1) is 23.3 Å². The Kier molecular flexibility index (Phi) is 8.19. The summed E-state index contributed by atoms with van der Waals surface area (Å²) in [6.07, 6.45) is 0.324. The smallest absolute Gasteiger partial charge is 0.337 e. The fourth-order valence-electron chi connectivity index (χ4n) is 3.20. The van der Waals surface area contributed by atoms with E-state index in [1.165, 1.54) is 30.6 Å². The molecule has 0 saturated heterocycles. The molecule has 2 aromatic carbocycles. The third kappa shape index (κ3) is 6.49. The first-order valence-electron chi connectivity index (χ1n) is 10.6. The van der Waals surface area contributed by atoms with Crippen LogP contribution in [0, 0.1) is 12.8 Å². The minimum Gasteiger partial charge on any atom is -0.465 e. The molecule has 1 aromatic heterocycles. The minimum absolute atomic E-state index is 0.0802. The lowest BCUT2D eigenvalue weighted by atomic mass is 10.0. The van der Waals surface area contributed by atoms with Gasteiger partial charge < -0.3 is 10.1 Å². The van der Waals surface area contributed by atoms with Gasteiger partial charge in [-0.3, -0.25) is 4.79 Å². The fraction of sp³-hybridized carbons (Fsp3) is 0.292. The average Bonchev–Trinajstić information content (AvgIpc) is 3.26. The molecular weight excluding hydrogens is 474 g/mol. The van der Waals surface area contributed by atoms with Crippen molar-refractivity contribution >= 4 is 38.4 Å². The zero-order chi connectivity index (χ0) is 24.9. The number of sulfonamides is 1. The van der Waals surface area contributed by atoms with Crippen molar-refractivity contribution in [2.75, 3.05) is 12.4 Å². The zero-order valence-corrected chi connectivity index (χ0v) is 21.0. The summed E-state index contributed by atoms with van der Waals surface area (Å²) < 4.78 is 32.9. The van der Waals surface area contributed by atoms with Crippen LogP contribution in [0.25, 0.3) is 11.3 Å². The first kappa shape index (κ1) is 25.5. The normalized spacial score (nSPS) is 12.4. The van der Waals surface area contributed by atoms with E-state index < -0.39 is 27.9 Å². The van der Waals surface area contributed by atoms with E-state index in [4.69, 9.17) is 4.74 Å². The summed E-state index contributed by atoms with van der Waals surface area (Å²) >= 11 is 1.23. The van der Waals surface area contributed by atoms with Gasteiger partial charge >= 0.3 is 5.97 Å². The first-order valence-corrected chi connectivity index (χ1v) is 13.0. The molecule has 0 spiro atoms. The number of carbonyl (C=O) groups excluding carboxylic acids is 2. The maximum absolute atomic E-state index is 13.0. The maximum Gasteiger partial charge on any atom is 0.337 e. The number of amides is 1. The van der Waals surface area contributed by atoms with E-state index in [9.17, 15) is 18.0 Å². The van der Waals surface area contributed by atoms with Crippen LogP contribution < -0.4 is 10.0 Å². The Bertz CT molecular complexity index is 1250. The van der Waals surface area contributed by atoms with E-state index >= 15 is 0 Å². The topological polar surface area (TPSA) is 114 Å². The highest BCUT2D eigenvalue weighted by atomic mass is 32.2. The second-order valence-electron chi connectivity index (χ2n) is 8.21. The minimum atomic E-state index is -3.88. The van der Waals surface area contributed by atoms with Gasteiger partial charge in [0.1, 0.15) is 6.04 Å². The predicted octanol–water partition coefficient (Wildman–Crippen LogP) is 4.24. The van der Waals surface area contributed by atoms with Gasteiger partial charge in [-0.15, -0.1) is 11.3 Å². The number of ether oxygens (including phenoxy) is 1. The highest BCUT2D eigenvalue weighted by molar-refractivity contribution is 7.89. The summed E-state index contributed by atoms with van der Waals surface area (Å²) in [4.78, 5) is 29.1. The summed E-state index contributed by atoms with van der Waals surface area (Å²) in [7, 11) is -2.56. The summed E-state index contributed by atoms with van der Waals surface area (Å²) in [5, 5.41) is 4.85. The number of hydrogen-bond donors (Lipinski definition) is 2. The van der Waals surface area contributed by atoms with Crippen LogP contribution in [0.1, 0.15) is 36.2 Å². The Morgan fingerprint density at radius 2 is 1.71 bits per heavy atom. The van der Waals surface area contributed by atoms with Gasteiger partial charge in [-0.05, 0) is 43.5 Å². The van der Waals surface area contributed by atoms with Gasteiger partial charge in [0, 0.05) is 10.9 Å². The van der Waals surface area contributed by atoms with E-state index in [0.717, 1.165) is 11.1 Å². The number of aromatic nitrogens is 1. The van der Waals surface area contributed by atoms with Crippen molar-refractivity contribution in [2.24, 2.45) is 5.92 Å². The number of carbonyl (C=O) groups is 2. The Morgan fingerprint density at radius 3 is 2.29 bits per heavy atom. The Hall–Kier alpha value is -3.08. The Labute approximate surface area is 203 Å². The third-order valence-corrected chi connectivity index (χ3v) is 7.23. The Morgan fingerprint density at radius 1 is 1.06 bits per heavy atom. The highest BCUT2D eigenvalue weighted by Gasteiger charge is 2.27. The molecule has 0 fully saturated rings. The standard InChI is InChI=1S/C24H27N3O5S2/c1-15(2)13-20(27-34(30,31)19-11-5-16(3)6-12-19)22(28)26-24-25-21(14-33-24)17-7-9-18(10-8-17)23(29)32-4/h5-12,14-15,20,27H,13H2,1-4H3,(H,25,26,28)/t20-/m0/s1. The number of anilines is 1. The van der Waals surface area contributed by atoms with Crippen LogP contribution >= 0.6 is 11.3 Å². The van der Waals surface area contributed by atoms with Crippen molar-refractivity contribution in [2.45, 2.75) is 38.1 Å². The third-order valence-electron chi connectivity index (χ3n) is 4.99. The van der Waals surface area contributed by atoms with Gasteiger partial charge in [-0.1, -0.05) is 43.7 Å². The van der Waals surface area contributed by atoms with Crippen LogP contribution in [0.4, 0.5) is 5.13 Å². The molecule has 0 unspecified atom stereocenters. The van der Waals surface area contributed by atoms with Crippen LogP contribution in [0.15, 0.2) is 58.8 Å². The van der Waals surface area contributed by atoms with E-state index in [0.29, 0.717) is 22.8 Å². The SMILES string of the molecule is COC(=O)c1ccc(-c2csc(NC(=O)[C@H](CC(C)C)NS(=O)(=O)c3ccc(C)cc3)n2)cc1. The molecule has 0 bridgehead atoms. The number of nitrogens with zero attached hydrogens (tertiary/aromatic N) is 1. The highest BCUT2D eigenvalue weighted by Crippen LogP contribution is 2.26. The van der Waals surface area contributed by atoms with E-state index in [2.05, 4.69) is 15.0 Å². The Balaban J connectivity index is 1.74. The van der Waals surface area contributed by atoms with E-state index in [1.807, 2.05) is 20.8 Å². The number of thiazole rings is 1. The lowest BCUT2D eigenvalue weighted by molar-refractivity contribution is -0.118. The number of benzene rings is 2. The molecule has 1 atom stereocenters. The van der Waals surface area contributed by atoms with Crippen LogP contribution in [0.2, 0.25) is 0 Å². The van der Waals surface area contributed by atoms with Crippen LogP contribution in [0.3, 0.4) is 0 Å². The first-order chi connectivity index (χ1) is 16.1. The van der Waals surface area contributed by atoms with Gasteiger partial charge in [0.2, 0.25) is 15.9 Å². The molecule has 0 saturated carbocycles. The summed E-state index contributed by atoms with van der Waals surface area (Å²) in [6.45, 7) is 5.70. The molecule has 0 aliphatic rings. The van der Waals surface area contributed by atoms with Crippen molar-refractivity contribution in [3.8, 4) is 11.3 Å². The van der Waals surface area contributed by atoms with Gasteiger partial charge in [0.15, 0.2) is 5.13 Å². The predicted molar refractivity (Wildman–Crippen MR) is 132 cm³/mol. The molecule has 2 N–H and O–H groups in total. The molecule has 3 rings (SSSR count). The lowest BCUT2D eigenvalue weighted by Gasteiger charge is -2.19. The van der Waals surface area contributed by atoms with Crippen molar-refractivity contribution in [3.05, 3.63) is 65.0 Å². The molecule has 8 nitrogen and oxygen atoms in total. The number of aryl methyl sites for hydroxylation is 1. The van der Waals surface area contributed by atoms with Crippen LogP contribution in [0.5, 0.6) is 0 Å². The zero-order valence-electron chi connectivity index (χ0n) is 19.4. The van der Waals surface area contributed by atoms with Crippen LogP contribution in [-0.4, -0.2) is 38.4 Å².